The Kier molecular flexibility index (Phi) is 4.43. The van der Waals surface area contributed by atoms with E-state index in [-0.39, 0.29) is 5.56 Å². The zero-order chi connectivity index (χ0) is 19.0. The molecule has 6 nitrogen and oxygen atoms in total. The van der Waals surface area contributed by atoms with Crippen LogP contribution in [0.5, 0.6) is 0 Å². The average Bonchev–Trinajstić information content (AvgIpc) is 3.17. The summed E-state index contributed by atoms with van der Waals surface area (Å²) in [6.07, 6.45) is 4.50. The van der Waals surface area contributed by atoms with Crippen LogP contribution in [0.15, 0.2) is 59.6 Å². The van der Waals surface area contributed by atoms with Crippen LogP contribution in [-0.2, 0) is 0 Å². The van der Waals surface area contributed by atoms with Gasteiger partial charge in [-0.05, 0) is 36.4 Å². The van der Waals surface area contributed by atoms with Crippen LogP contribution in [-0.4, -0.2) is 21.0 Å². The Hall–Kier alpha value is -3.09. The molecular weight excluding hydrogens is 389 g/mol. The van der Waals surface area contributed by atoms with Crippen molar-refractivity contribution >= 4 is 51.4 Å². The van der Waals surface area contributed by atoms with Crippen molar-refractivity contribution in [3.05, 3.63) is 70.8 Å². The fraction of sp³-hybridized carbons (Fsp3) is 0. The first-order chi connectivity index (χ1) is 13.0. The number of pyridine rings is 1. The number of benzene rings is 2. The van der Waals surface area contributed by atoms with E-state index in [4.69, 9.17) is 27.6 Å². The van der Waals surface area contributed by atoms with Gasteiger partial charge in [0.05, 0.1) is 34.2 Å². The molecule has 2 heterocycles. The molecule has 0 fully saturated rings. The first-order valence-electron chi connectivity index (χ1n) is 7.80. The van der Waals surface area contributed by atoms with Gasteiger partial charge in [0.2, 0.25) is 0 Å². The van der Waals surface area contributed by atoms with Crippen molar-refractivity contribution in [1.29, 1.82) is 0 Å². The van der Waals surface area contributed by atoms with Gasteiger partial charge in [0.1, 0.15) is 0 Å². The van der Waals surface area contributed by atoms with Crippen LogP contribution in [0, 0.1) is 0 Å². The van der Waals surface area contributed by atoms with Gasteiger partial charge < -0.3 is 14.8 Å². The van der Waals surface area contributed by atoms with Gasteiger partial charge in [0.15, 0.2) is 12.2 Å². The summed E-state index contributed by atoms with van der Waals surface area (Å²) >= 11 is 12.1. The first-order valence-corrected chi connectivity index (χ1v) is 8.55. The van der Waals surface area contributed by atoms with E-state index in [1.165, 1.54) is 12.5 Å². The minimum absolute atomic E-state index is 0.0398. The van der Waals surface area contributed by atoms with Crippen molar-refractivity contribution in [2.45, 2.75) is 0 Å². The van der Waals surface area contributed by atoms with E-state index >= 15 is 0 Å². The number of oxazole rings is 1. The number of hydrogen-bond donors (Lipinski definition) is 2. The zero-order valence-corrected chi connectivity index (χ0v) is 15.1. The van der Waals surface area contributed by atoms with Crippen LogP contribution < -0.4 is 5.32 Å². The number of nitrogens with zero attached hydrogens (tertiary/aromatic N) is 2. The maximum Gasteiger partial charge on any atom is 0.337 e. The molecule has 0 unspecified atom stereocenters. The van der Waals surface area contributed by atoms with Crippen molar-refractivity contribution < 1.29 is 14.3 Å². The summed E-state index contributed by atoms with van der Waals surface area (Å²) in [5.74, 6) is -0.615. The number of rotatable bonds is 4. The number of fused-ring (bicyclic) bond motifs is 1. The smallest absolute Gasteiger partial charge is 0.337 e. The second-order valence-corrected chi connectivity index (χ2v) is 6.57. The molecule has 0 aliphatic carbocycles. The minimum atomic E-state index is -1.10. The third kappa shape index (κ3) is 3.32. The highest BCUT2D eigenvalue weighted by Gasteiger charge is 2.17. The number of halogens is 2. The second-order valence-electron chi connectivity index (χ2n) is 5.69. The second kappa shape index (κ2) is 6.90. The Morgan fingerprint density at radius 3 is 2.59 bits per heavy atom. The maximum absolute atomic E-state index is 11.6. The molecule has 0 amide bonds. The molecule has 134 valence electrons. The van der Waals surface area contributed by atoms with Crippen LogP contribution in [0.4, 0.5) is 11.4 Å². The van der Waals surface area contributed by atoms with Gasteiger partial charge in [0.25, 0.3) is 0 Å². The molecule has 4 rings (SSSR count). The standard InChI is InChI=1S/C19H11Cl2N3O3/c20-10-1-3-15-12(5-10)18(14(7-23-15)17-8-22-9-27-17)24-16-4-2-11(21)6-13(16)19(25)26/h1-9H,(H,23,24)(H,25,26). The third-order valence-corrected chi connectivity index (χ3v) is 4.47. The van der Waals surface area contributed by atoms with E-state index in [0.29, 0.717) is 43.6 Å². The predicted molar refractivity (Wildman–Crippen MR) is 104 cm³/mol. The van der Waals surface area contributed by atoms with Gasteiger partial charge in [-0.15, -0.1) is 0 Å². The van der Waals surface area contributed by atoms with E-state index in [0.717, 1.165) is 0 Å². The number of carboxylic acids is 1. The largest absolute Gasteiger partial charge is 0.478 e. The minimum Gasteiger partial charge on any atom is -0.478 e. The number of hydrogen-bond acceptors (Lipinski definition) is 5. The van der Waals surface area contributed by atoms with Gasteiger partial charge in [-0.1, -0.05) is 23.2 Å². The Bertz CT molecular complexity index is 1160. The zero-order valence-electron chi connectivity index (χ0n) is 13.6. The van der Waals surface area contributed by atoms with E-state index in [2.05, 4.69) is 15.3 Å². The molecule has 4 aromatic rings. The number of anilines is 2. The van der Waals surface area contributed by atoms with Crippen LogP contribution in [0.1, 0.15) is 10.4 Å². The average molecular weight is 400 g/mol. The van der Waals surface area contributed by atoms with E-state index in [1.807, 2.05) is 0 Å². The van der Waals surface area contributed by atoms with E-state index in [1.54, 1.807) is 42.7 Å². The summed E-state index contributed by atoms with van der Waals surface area (Å²) in [6, 6.07) is 9.87. The van der Waals surface area contributed by atoms with E-state index in [9.17, 15) is 9.90 Å². The number of carboxylic acid groups (broad SMARTS) is 1. The lowest BCUT2D eigenvalue weighted by atomic mass is 10.1. The Balaban J connectivity index is 1.96. The first kappa shape index (κ1) is 17.3. The lowest BCUT2D eigenvalue weighted by Crippen LogP contribution is -2.04. The molecular formula is C19H11Cl2N3O3. The van der Waals surface area contributed by atoms with Gasteiger partial charge in [-0.2, -0.15) is 0 Å². The van der Waals surface area contributed by atoms with Crippen LogP contribution in [0.2, 0.25) is 10.0 Å². The van der Waals surface area contributed by atoms with Crippen LogP contribution in [0.3, 0.4) is 0 Å². The fourth-order valence-corrected chi connectivity index (χ4v) is 3.12. The maximum atomic E-state index is 11.6. The highest BCUT2D eigenvalue weighted by atomic mass is 35.5. The lowest BCUT2D eigenvalue weighted by Gasteiger charge is -2.15. The van der Waals surface area contributed by atoms with Crippen molar-refractivity contribution in [3.63, 3.8) is 0 Å². The van der Waals surface area contributed by atoms with Crippen LogP contribution >= 0.6 is 23.2 Å². The monoisotopic (exact) mass is 399 g/mol. The van der Waals surface area contributed by atoms with E-state index < -0.39 is 5.97 Å². The summed E-state index contributed by atoms with van der Waals surface area (Å²) in [5, 5.41) is 14.3. The van der Waals surface area contributed by atoms with Crippen molar-refractivity contribution in [3.8, 4) is 11.3 Å². The van der Waals surface area contributed by atoms with Crippen molar-refractivity contribution in [2.24, 2.45) is 0 Å². The molecule has 0 aliphatic rings. The lowest BCUT2D eigenvalue weighted by molar-refractivity contribution is 0.0698. The normalized spacial score (nSPS) is 10.9. The number of nitrogens with one attached hydrogen (secondary N) is 1. The summed E-state index contributed by atoms with van der Waals surface area (Å²) in [6.45, 7) is 0. The highest BCUT2D eigenvalue weighted by molar-refractivity contribution is 6.32. The third-order valence-electron chi connectivity index (χ3n) is 4.00. The molecule has 2 aromatic heterocycles. The van der Waals surface area contributed by atoms with Crippen molar-refractivity contribution in [2.75, 3.05) is 5.32 Å². The molecule has 27 heavy (non-hydrogen) atoms. The molecule has 2 N–H and O–H groups in total. The fourth-order valence-electron chi connectivity index (χ4n) is 2.77. The highest BCUT2D eigenvalue weighted by Crippen LogP contribution is 2.37. The Morgan fingerprint density at radius 2 is 1.85 bits per heavy atom. The van der Waals surface area contributed by atoms with Crippen molar-refractivity contribution in [1.82, 2.24) is 9.97 Å². The molecule has 0 bridgehead atoms. The molecule has 0 aliphatic heterocycles. The summed E-state index contributed by atoms with van der Waals surface area (Å²) in [4.78, 5) is 20.0. The van der Waals surface area contributed by atoms with Gasteiger partial charge in [0, 0.05) is 21.6 Å². The molecule has 0 saturated heterocycles. The Morgan fingerprint density at radius 1 is 1.07 bits per heavy atom. The quantitative estimate of drug-likeness (QED) is 0.461. The van der Waals surface area contributed by atoms with Gasteiger partial charge in [-0.25, -0.2) is 9.78 Å². The molecule has 0 atom stereocenters. The molecule has 2 aromatic carbocycles. The van der Waals surface area contributed by atoms with Gasteiger partial charge >= 0.3 is 5.97 Å². The topological polar surface area (TPSA) is 88.2 Å². The molecule has 0 radical (unpaired) electrons. The molecule has 8 heteroatoms. The Labute approximate surface area is 163 Å². The van der Waals surface area contributed by atoms with Crippen LogP contribution in [0.25, 0.3) is 22.2 Å². The molecule has 0 spiro atoms. The summed E-state index contributed by atoms with van der Waals surface area (Å²) in [5.41, 5.74) is 2.33. The summed E-state index contributed by atoms with van der Waals surface area (Å²) < 4.78 is 5.41. The SMILES string of the molecule is O=C(O)c1cc(Cl)ccc1Nc1c(-c2cnco2)cnc2ccc(Cl)cc12. The van der Waals surface area contributed by atoms with Gasteiger partial charge in [-0.3, -0.25) is 4.98 Å². The number of aromatic carboxylic acids is 1. The predicted octanol–water partition coefficient (Wildman–Crippen LogP) is 5.64. The number of aromatic nitrogens is 2. The molecule has 0 saturated carbocycles. The number of carbonyl (C=O) groups is 1. The summed E-state index contributed by atoms with van der Waals surface area (Å²) in [7, 11) is 0.